The van der Waals surface area contributed by atoms with Gasteiger partial charge in [-0.05, 0) is 50.9 Å². The molecule has 0 radical (unpaired) electrons. The molecule has 5 nitrogen and oxygen atoms in total. The van der Waals surface area contributed by atoms with Gasteiger partial charge in [-0.3, -0.25) is 14.6 Å². The molecule has 1 aromatic carbocycles. The van der Waals surface area contributed by atoms with Crippen LogP contribution in [0.1, 0.15) is 25.3 Å². The van der Waals surface area contributed by atoms with Crippen molar-refractivity contribution in [3.8, 4) is 0 Å². The first-order valence-electron chi connectivity index (χ1n) is 10.2. The van der Waals surface area contributed by atoms with Gasteiger partial charge in [0, 0.05) is 57.0 Å². The number of carbonyl (C=O) groups excluding carboxylic acids is 1. The van der Waals surface area contributed by atoms with Gasteiger partial charge >= 0.3 is 0 Å². The molecule has 1 amide bonds. The minimum atomic E-state index is 0.312. The Bertz CT molecular complexity index is 641. The molecule has 3 aliphatic rings. The second kappa shape index (κ2) is 7.57. The van der Waals surface area contributed by atoms with Gasteiger partial charge in [-0.15, -0.1) is 0 Å². The lowest BCUT2D eigenvalue weighted by molar-refractivity contribution is -0.134. The van der Waals surface area contributed by atoms with Crippen LogP contribution in [0.5, 0.6) is 0 Å². The zero-order valence-electron chi connectivity index (χ0n) is 16.2. The average molecular weight is 357 g/mol. The molecule has 0 saturated carbocycles. The van der Waals surface area contributed by atoms with Crippen LogP contribution >= 0.6 is 0 Å². The number of fused-ring (bicyclic) bond motifs is 1. The number of amides is 1. The summed E-state index contributed by atoms with van der Waals surface area (Å²) in [7, 11) is 0. The molecule has 3 aliphatic heterocycles. The molecule has 0 unspecified atom stereocenters. The van der Waals surface area contributed by atoms with Crippen LogP contribution in [-0.4, -0.2) is 85.0 Å². The van der Waals surface area contributed by atoms with Gasteiger partial charge in [0.2, 0.25) is 5.91 Å². The quantitative estimate of drug-likeness (QED) is 0.826. The lowest BCUT2D eigenvalue weighted by atomic mass is 10.1. The van der Waals surface area contributed by atoms with Gasteiger partial charge in [0.25, 0.3) is 0 Å². The topological polar surface area (TPSA) is 30.0 Å². The third-order valence-corrected chi connectivity index (χ3v) is 6.40. The van der Waals surface area contributed by atoms with Crippen molar-refractivity contribution in [2.75, 3.05) is 57.3 Å². The maximum absolute atomic E-state index is 12.9. The highest BCUT2D eigenvalue weighted by atomic mass is 16.2. The van der Waals surface area contributed by atoms with Crippen molar-refractivity contribution in [2.45, 2.75) is 38.8 Å². The summed E-state index contributed by atoms with van der Waals surface area (Å²) in [5.41, 5.74) is 2.57. The first-order valence-corrected chi connectivity index (χ1v) is 10.2. The monoisotopic (exact) mass is 356 g/mol. The molecule has 142 valence electrons. The Balaban J connectivity index is 1.29. The van der Waals surface area contributed by atoms with Crippen LogP contribution in [0.15, 0.2) is 24.3 Å². The number of carbonyl (C=O) groups is 1. The van der Waals surface area contributed by atoms with Gasteiger partial charge in [0.1, 0.15) is 0 Å². The van der Waals surface area contributed by atoms with Crippen molar-refractivity contribution in [1.82, 2.24) is 14.7 Å². The normalized spacial score (nSPS) is 27.6. The summed E-state index contributed by atoms with van der Waals surface area (Å²) in [6.45, 7) is 12.0. The predicted molar refractivity (Wildman–Crippen MR) is 106 cm³/mol. The van der Waals surface area contributed by atoms with E-state index in [1.54, 1.807) is 0 Å². The van der Waals surface area contributed by atoms with Crippen molar-refractivity contribution < 1.29 is 4.79 Å². The fraction of sp³-hybridized carbons (Fsp3) is 0.667. The van der Waals surface area contributed by atoms with Gasteiger partial charge in [-0.1, -0.05) is 12.1 Å². The van der Waals surface area contributed by atoms with Gasteiger partial charge in [0.15, 0.2) is 0 Å². The first kappa shape index (κ1) is 17.8. The van der Waals surface area contributed by atoms with Crippen LogP contribution in [0.25, 0.3) is 0 Å². The van der Waals surface area contributed by atoms with Gasteiger partial charge < -0.3 is 9.80 Å². The fourth-order valence-electron chi connectivity index (χ4n) is 4.78. The number of anilines is 1. The summed E-state index contributed by atoms with van der Waals surface area (Å²) in [5, 5.41) is 0. The number of rotatable bonds is 3. The van der Waals surface area contributed by atoms with E-state index in [9.17, 15) is 4.79 Å². The average Bonchev–Trinajstić information content (AvgIpc) is 3.09. The SMILES string of the molecule is Cc1cccc(N2CCN(C(=O)CN3C[C@@H]4CCCN4C[C@@H]3C)CC2)c1. The maximum Gasteiger partial charge on any atom is 0.236 e. The first-order chi connectivity index (χ1) is 12.6. The van der Waals surface area contributed by atoms with Crippen LogP contribution in [0.4, 0.5) is 5.69 Å². The third-order valence-electron chi connectivity index (χ3n) is 6.40. The van der Waals surface area contributed by atoms with Crippen molar-refractivity contribution >= 4 is 11.6 Å². The predicted octanol–water partition coefficient (Wildman–Crippen LogP) is 1.81. The van der Waals surface area contributed by atoms with Crippen molar-refractivity contribution in [3.05, 3.63) is 29.8 Å². The number of hydrogen-bond acceptors (Lipinski definition) is 4. The molecule has 1 aromatic rings. The smallest absolute Gasteiger partial charge is 0.236 e. The van der Waals surface area contributed by atoms with E-state index in [0.717, 1.165) is 39.3 Å². The number of aryl methyl sites for hydroxylation is 1. The van der Waals surface area contributed by atoms with Crippen LogP contribution in [-0.2, 0) is 4.79 Å². The molecular formula is C21H32N4O. The Morgan fingerprint density at radius 2 is 1.92 bits per heavy atom. The number of hydrogen-bond donors (Lipinski definition) is 0. The van der Waals surface area contributed by atoms with Crippen LogP contribution in [0.3, 0.4) is 0 Å². The minimum Gasteiger partial charge on any atom is -0.368 e. The minimum absolute atomic E-state index is 0.312. The van der Waals surface area contributed by atoms with Crippen molar-refractivity contribution in [2.24, 2.45) is 0 Å². The lowest BCUT2D eigenvalue weighted by Crippen LogP contribution is -2.58. The summed E-state index contributed by atoms with van der Waals surface area (Å²) in [5.74, 6) is 0.312. The van der Waals surface area contributed by atoms with Crippen LogP contribution in [0, 0.1) is 6.92 Å². The zero-order chi connectivity index (χ0) is 18.1. The Morgan fingerprint density at radius 3 is 2.69 bits per heavy atom. The second-order valence-electron chi connectivity index (χ2n) is 8.28. The molecule has 0 N–H and O–H groups in total. The number of benzene rings is 1. The Hall–Kier alpha value is -1.59. The van der Waals surface area contributed by atoms with Gasteiger partial charge in [-0.25, -0.2) is 0 Å². The molecule has 0 spiro atoms. The maximum atomic E-state index is 12.9. The molecule has 3 saturated heterocycles. The third kappa shape index (κ3) is 3.74. The van der Waals surface area contributed by atoms with E-state index in [4.69, 9.17) is 0 Å². The molecule has 0 aliphatic carbocycles. The standard InChI is InChI=1S/C21H32N4O/c1-17-5-3-6-19(13-17)22-9-11-23(12-10-22)21(26)16-25-15-20-7-4-8-24(20)14-18(25)2/h3,5-6,13,18,20H,4,7-12,14-16H2,1-2H3/t18-,20-/m0/s1. The Morgan fingerprint density at radius 1 is 1.12 bits per heavy atom. The van der Waals surface area contributed by atoms with E-state index < -0.39 is 0 Å². The van der Waals surface area contributed by atoms with Crippen molar-refractivity contribution in [1.29, 1.82) is 0 Å². The second-order valence-corrected chi connectivity index (χ2v) is 8.28. The van der Waals surface area contributed by atoms with E-state index >= 15 is 0 Å². The highest BCUT2D eigenvalue weighted by Gasteiger charge is 2.35. The summed E-state index contributed by atoms with van der Waals surface area (Å²) in [4.78, 5) is 22.4. The molecule has 0 aromatic heterocycles. The van der Waals surface area contributed by atoms with E-state index in [-0.39, 0.29) is 0 Å². The van der Waals surface area contributed by atoms with E-state index in [2.05, 4.69) is 57.7 Å². The molecule has 2 atom stereocenters. The molecule has 0 bridgehead atoms. The molecule has 5 heteroatoms. The van der Waals surface area contributed by atoms with Gasteiger partial charge in [-0.2, -0.15) is 0 Å². The van der Waals surface area contributed by atoms with Crippen molar-refractivity contribution in [3.63, 3.8) is 0 Å². The largest absolute Gasteiger partial charge is 0.368 e. The van der Waals surface area contributed by atoms with Gasteiger partial charge in [0.05, 0.1) is 6.54 Å². The molecular weight excluding hydrogens is 324 g/mol. The summed E-state index contributed by atoms with van der Waals surface area (Å²) in [6, 6.07) is 9.83. The highest BCUT2D eigenvalue weighted by molar-refractivity contribution is 5.78. The summed E-state index contributed by atoms with van der Waals surface area (Å²) < 4.78 is 0. The van der Waals surface area contributed by atoms with Crippen LogP contribution in [0.2, 0.25) is 0 Å². The summed E-state index contributed by atoms with van der Waals surface area (Å²) >= 11 is 0. The Labute approximate surface area is 157 Å². The zero-order valence-corrected chi connectivity index (χ0v) is 16.2. The molecule has 26 heavy (non-hydrogen) atoms. The number of piperazine rings is 2. The van der Waals surface area contributed by atoms with E-state index in [0.29, 0.717) is 24.5 Å². The molecule has 3 heterocycles. The Kier molecular flexibility index (Phi) is 5.18. The van der Waals surface area contributed by atoms with E-state index in [1.165, 1.54) is 30.6 Å². The number of nitrogens with zero attached hydrogens (tertiary/aromatic N) is 4. The fourth-order valence-corrected chi connectivity index (χ4v) is 4.78. The van der Waals surface area contributed by atoms with E-state index in [1.807, 2.05) is 0 Å². The highest BCUT2D eigenvalue weighted by Crippen LogP contribution is 2.24. The van der Waals surface area contributed by atoms with Crippen LogP contribution < -0.4 is 4.90 Å². The molecule has 3 fully saturated rings. The lowest BCUT2D eigenvalue weighted by Gasteiger charge is -2.43. The molecule has 4 rings (SSSR count). The summed E-state index contributed by atoms with van der Waals surface area (Å²) in [6.07, 6.45) is 2.62.